The lowest BCUT2D eigenvalue weighted by molar-refractivity contribution is 0.0146. The molecule has 0 radical (unpaired) electrons. The third-order valence-electron chi connectivity index (χ3n) is 2.65. The van der Waals surface area contributed by atoms with Gasteiger partial charge in [-0.25, -0.2) is 0 Å². The maximum Gasteiger partial charge on any atom is 0.428 e. The Bertz CT molecular complexity index is 378. The van der Waals surface area contributed by atoms with Crippen LogP contribution in [0, 0.1) is 6.92 Å². The maximum absolute atomic E-state index is 6.04. The van der Waals surface area contributed by atoms with E-state index in [1.54, 1.807) is 0 Å². The van der Waals surface area contributed by atoms with Crippen molar-refractivity contribution in [2.75, 3.05) is 0 Å². The number of pyridine rings is 1. The summed E-state index contributed by atoms with van der Waals surface area (Å²) in [5, 5.41) is 0. The summed E-state index contributed by atoms with van der Waals surface area (Å²) in [5.74, 6) is 0. The van der Waals surface area contributed by atoms with Crippen LogP contribution in [-0.4, -0.2) is 30.1 Å². The summed E-state index contributed by atoms with van der Waals surface area (Å²) in [7, 11) is 0. The van der Waals surface area contributed by atoms with Gasteiger partial charge in [-0.15, -0.1) is 0 Å². The van der Waals surface area contributed by atoms with Crippen LogP contribution in [0.25, 0.3) is 0 Å². The molecule has 20 heavy (non-hydrogen) atoms. The van der Waals surface area contributed by atoms with E-state index in [4.69, 9.17) is 14.0 Å². The van der Waals surface area contributed by atoms with Crippen LogP contribution in [0.3, 0.4) is 0 Å². The zero-order valence-electron chi connectivity index (χ0n) is 13.7. The van der Waals surface area contributed by atoms with Crippen molar-refractivity contribution < 1.29 is 14.0 Å². The van der Waals surface area contributed by atoms with Gasteiger partial charge in [0, 0.05) is 24.5 Å². The lowest BCUT2D eigenvalue weighted by Gasteiger charge is -2.45. The second kappa shape index (κ2) is 7.20. The Morgan fingerprint density at radius 1 is 0.850 bits per heavy atom. The van der Waals surface area contributed by atoms with E-state index in [1.807, 2.05) is 66.8 Å². The maximum atomic E-state index is 6.04. The second-order valence-electron chi connectivity index (χ2n) is 5.96. The lowest BCUT2D eigenvalue weighted by atomic mass is 9.71. The van der Waals surface area contributed by atoms with Gasteiger partial charge in [-0.2, -0.15) is 0 Å². The smallest absolute Gasteiger partial charge is 0.428 e. The van der Waals surface area contributed by atoms with Crippen molar-refractivity contribution in [3.8, 4) is 0 Å². The third-order valence-corrected chi connectivity index (χ3v) is 2.65. The second-order valence-corrected chi connectivity index (χ2v) is 5.96. The van der Waals surface area contributed by atoms with Crippen LogP contribution < -0.4 is 5.59 Å². The molecular formula is C15H27BNO3-. The normalized spacial score (nSPS) is 12.7. The topological polar surface area (TPSA) is 40.6 Å². The number of hydrogen-bond donors (Lipinski definition) is 0. The number of nitrogens with zero attached hydrogens (tertiary/aromatic N) is 1. The van der Waals surface area contributed by atoms with E-state index in [2.05, 4.69) is 4.98 Å². The molecule has 0 atom stereocenters. The minimum Gasteiger partial charge on any atom is -0.538 e. The number of hydrogen-bond acceptors (Lipinski definition) is 4. The van der Waals surface area contributed by atoms with Crippen LogP contribution in [0.4, 0.5) is 0 Å². The summed E-state index contributed by atoms with van der Waals surface area (Å²) >= 11 is 0. The van der Waals surface area contributed by atoms with Gasteiger partial charge >= 0.3 is 6.75 Å². The first kappa shape index (κ1) is 17.1. The van der Waals surface area contributed by atoms with Gasteiger partial charge in [-0.3, -0.25) is 4.98 Å². The molecule has 0 aliphatic rings. The molecule has 0 fully saturated rings. The summed E-state index contributed by atoms with van der Waals surface area (Å²) < 4.78 is 18.1. The Morgan fingerprint density at radius 3 is 1.60 bits per heavy atom. The molecule has 0 amide bonds. The fraction of sp³-hybridized carbons (Fsp3) is 0.667. The zero-order chi connectivity index (χ0) is 15.3. The highest BCUT2D eigenvalue weighted by Crippen LogP contribution is 2.17. The van der Waals surface area contributed by atoms with Crippen LogP contribution in [0.15, 0.2) is 18.3 Å². The quantitative estimate of drug-likeness (QED) is 0.720. The molecule has 4 nitrogen and oxygen atoms in total. The highest BCUT2D eigenvalue weighted by molar-refractivity contribution is 6.74. The fourth-order valence-electron chi connectivity index (χ4n) is 2.07. The van der Waals surface area contributed by atoms with Crippen LogP contribution in [0.1, 0.15) is 47.1 Å². The first-order chi connectivity index (χ1) is 9.25. The Labute approximate surface area is 122 Å². The van der Waals surface area contributed by atoms with Crippen LogP contribution >= 0.6 is 0 Å². The summed E-state index contributed by atoms with van der Waals surface area (Å²) in [6.07, 6.45) is 1.75. The molecule has 114 valence electrons. The Hall–Kier alpha value is -0.905. The van der Waals surface area contributed by atoms with E-state index in [1.165, 1.54) is 0 Å². The van der Waals surface area contributed by atoms with Crippen molar-refractivity contribution in [2.24, 2.45) is 0 Å². The van der Waals surface area contributed by atoms with Crippen molar-refractivity contribution in [3.05, 3.63) is 23.9 Å². The first-order valence-electron chi connectivity index (χ1n) is 7.35. The average molecular weight is 280 g/mol. The van der Waals surface area contributed by atoms with E-state index < -0.39 is 6.75 Å². The molecule has 0 spiro atoms. The van der Waals surface area contributed by atoms with Crippen LogP contribution in [0.5, 0.6) is 0 Å². The van der Waals surface area contributed by atoms with Crippen molar-refractivity contribution >= 4 is 12.3 Å². The molecule has 1 rings (SSSR count). The van der Waals surface area contributed by atoms with E-state index in [0.29, 0.717) is 5.59 Å². The van der Waals surface area contributed by atoms with Gasteiger partial charge in [0.1, 0.15) is 0 Å². The lowest BCUT2D eigenvalue weighted by Crippen LogP contribution is -2.61. The zero-order valence-corrected chi connectivity index (χ0v) is 13.7. The van der Waals surface area contributed by atoms with Crippen molar-refractivity contribution in [1.29, 1.82) is 0 Å². The third kappa shape index (κ3) is 4.89. The van der Waals surface area contributed by atoms with Crippen LogP contribution in [0.2, 0.25) is 0 Å². The molecular weight excluding hydrogens is 253 g/mol. The van der Waals surface area contributed by atoms with Crippen molar-refractivity contribution in [3.63, 3.8) is 0 Å². The Balaban J connectivity index is 3.22. The van der Waals surface area contributed by atoms with Crippen molar-refractivity contribution in [1.82, 2.24) is 4.98 Å². The van der Waals surface area contributed by atoms with Gasteiger partial charge < -0.3 is 14.0 Å². The van der Waals surface area contributed by atoms with E-state index in [0.717, 1.165) is 5.56 Å². The Kier molecular flexibility index (Phi) is 6.18. The van der Waals surface area contributed by atoms with Gasteiger partial charge in [0.25, 0.3) is 0 Å². The van der Waals surface area contributed by atoms with E-state index in [9.17, 15) is 0 Å². The molecule has 0 N–H and O–H groups in total. The molecule has 0 unspecified atom stereocenters. The molecule has 1 heterocycles. The standard InChI is InChI=1S/C15H27BNO3/c1-11(2)18-16(19-12(3)4,20-13(5)6)15-9-8-14(7)10-17-15/h8-13H,1-7H3/q-1. The highest BCUT2D eigenvalue weighted by atomic mass is 16.8. The predicted octanol–water partition coefficient (Wildman–Crippen LogP) is 2.81. The van der Waals surface area contributed by atoms with E-state index in [-0.39, 0.29) is 18.3 Å². The number of rotatable bonds is 7. The minimum atomic E-state index is -2.04. The van der Waals surface area contributed by atoms with Gasteiger partial charge in [-0.1, -0.05) is 12.1 Å². The number of aromatic nitrogens is 1. The molecule has 0 aliphatic carbocycles. The van der Waals surface area contributed by atoms with Gasteiger partial charge in [0.15, 0.2) is 0 Å². The molecule has 0 saturated heterocycles. The first-order valence-corrected chi connectivity index (χ1v) is 7.35. The monoisotopic (exact) mass is 280 g/mol. The summed E-state index contributed by atoms with van der Waals surface area (Å²) in [4.78, 5) is 4.46. The molecule has 0 bridgehead atoms. The van der Waals surface area contributed by atoms with Crippen LogP contribution in [-0.2, 0) is 14.0 Å². The number of aryl methyl sites for hydroxylation is 1. The molecule has 0 aliphatic heterocycles. The fourth-order valence-corrected chi connectivity index (χ4v) is 2.07. The summed E-state index contributed by atoms with van der Waals surface area (Å²) in [6.45, 7) is 11.8. The van der Waals surface area contributed by atoms with Crippen molar-refractivity contribution in [2.45, 2.75) is 66.8 Å². The molecule has 1 aromatic rings. The molecule has 0 saturated carbocycles. The van der Waals surface area contributed by atoms with E-state index >= 15 is 0 Å². The molecule has 5 heteroatoms. The highest BCUT2D eigenvalue weighted by Gasteiger charge is 2.36. The SMILES string of the molecule is Cc1ccc([B-](OC(C)C)(OC(C)C)OC(C)C)nc1. The summed E-state index contributed by atoms with van der Waals surface area (Å²) in [5.41, 5.74) is 1.80. The minimum absolute atomic E-state index is 0.0180. The van der Waals surface area contributed by atoms with Gasteiger partial charge in [0.05, 0.1) is 0 Å². The van der Waals surface area contributed by atoms with Gasteiger partial charge in [-0.05, 0) is 59.6 Å². The summed E-state index contributed by atoms with van der Waals surface area (Å²) in [6, 6.07) is 3.92. The Morgan fingerprint density at radius 2 is 1.30 bits per heavy atom. The largest absolute Gasteiger partial charge is 0.538 e. The van der Waals surface area contributed by atoms with Gasteiger partial charge in [0.2, 0.25) is 0 Å². The predicted molar refractivity (Wildman–Crippen MR) is 83.0 cm³/mol. The molecule has 0 aromatic carbocycles. The molecule has 1 aromatic heterocycles. The average Bonchev–Trinajstić information content (AvgIpc) is 2.26.